The molecule has 0 aliphatic carbocycles. The molecule has 7 heteroatoms. The predicted molar refractivity (Wildman–Crippen MR) is 61.4 cm³/mol. The van der Waals surface area contributed by atoms with Crippen molar-refractivity contribution in [3.63, 3.8) is 0 Å². The van der Waals surface area contributed by atoms with E-state index in [0.29, 0.717) is 13.1 Å². The van der Waals surface area contributed by atoms with E-state index in [-0.39, 0.29) is 16.5 Å². The summed E-state index contributed by atoms with van der Waals surface area (Å²) in [6.45, 7) is 0.882. The van der Waals surface area contributed by atoms with Crippen LogP contribution in [0.5, 0.6) is 5.75 Å². The first kappa shape index (κ1) is 12.1. The minimum absolute atomic E-state index is 0.118. The number of benzene rings is 1. The molecule has 2 N–H and O–H groups in total. The molecule has 2 atom stereocenters. The number of ether oxygens (including phenoxy) is 1. The van der Waals surface area contributed by atoms with Gasteiger partial charge in [0.1, 0.15) is 12.2 Å². The zero-order chi connectivity index (χ0) is 12.4. The first-order chi connectivity index (χ1) is 8.08. The van der Waals surface area contributed by atoms with Crippen LogP contribution >= 0.6 is 11.6 Å². The summed E-state index contributed by atoms with van der Waals surface area (Å²) in [7, 11) is 0. The summed E-state index contributed by atoms with van der Waals surface area (Å²) in [6, 6.07) is 4.18. The summed E-state index contributed by atoms with van der Waals surface area (Å²) < 4.78 is 5.42. The number of hydrogen-bond acceptors (Lipinski definition) is 5. The molecule has 0 saturated carbocycles. The van der Waals surface area contributed by atoms with Gasteiger partial charge >= 0.3 is 5.69 Å². The molecule has 1 fully saturated rings. The molecule has 1 aromatic carbocycles. The fourth-order valence-corrected chi connectivity index (χ4v) is 1.82. The lowest BCUT2D eigenvalue weighted by molar-refractivity contribution is -0.386. The molecular formula is C10H11ClN2O4. The Kier molecular flexibility index (Phi) is 3.46. The van der Waals surface area contributed by atoms with Gasteiger partial charge in [-0.05, 0) is 12.1 Å². The SMILES string of the molecule is O=[N+]([O-])c1cc(Cl)ccc1OC1CNCC1O. The molecular weight excluding hydrogens is 248 g/mol. The van der Waals surface area contributed by atoms with Crippen LogP contribution in [-0.2, 0) is 0 Å². The lowest BCUT2D eigenvalue weighted by atomic mass is 10.2. The van der Waals surface area contributed by atoms with E-state index in [1.54, 1.807) is 0 Å². The van der Waals surface area contributed by atoms with Gasteiger partial charge in [-0.15, -0.1) is 0 Å². The van der Waals surface area contributed by atoms with E-state index in [1.807, 2.05) is 0 Å². The van der Waals surface area contributed by atoms with Crippen LogP contribution in [0.4, 0.5) is 5.69 Å². The maximum Gasteiger partial charge on any atom is 0.312 e. The Morgan fingerprint density at radius 2 is 2.29 bits per heavy atom. The molecule has 0 amide bonds. The Balaban J connectivity index is 2.22. The van der Waals surface area contributed by atoms with Crippen molar-refractivity contribution >= 4 is 17.3 Å². The maximum absolute atomic E-state index is 10.8. The number of nitrogens with zero attached hydrogens (tertiary/aromatic N) is 1. The Bertz CT molecular complexity index is 440. The number of aliphatic hydroxyl groups excluding tert-OH is 1. The largest absolute Gasteiger partial charge is 0.479 e. The van der Waals surface area contributed by atoms with Crippen molar-refractivity contribution in [2.24, 2.45) is 0 Å². The molecule has 6 nitrogen and oxygen atoms in total. The van der Waals surface area contributed by atoms with E-state index >= 15 is 0 Å². The number of nitrogens with one attached hydrogen (secondary N) is 1. The van der Waals surface area contributed by atoms with E-state index in [1.165, 1.54) is 18.2 Å². The lowest BCUT2D eigenvalue weighted by Crippen LogP contribution is -2.30. The lowest BCUT2D eigenvalue weighted by Gasteiger charge is -2.15. The van der Waals surface area contributed by atoms with Gasteiger partial charge in [0.2, 0.25) is 0 Å². The molecule has 1 aliphatic heterocycles. The zero-order valence-corrected chi connectivity index (χ0v) is 9.55. The maximum atomic E-state index is 10.8. The van der Waals surface area contributed by atoms with Crippen LogP contribution in [0, 0.1) is 10.1 Å². The van der Waals surface area contributed by atoms with Crippen molar-refractivity contribution in [1.82, 2.24) is 5.32 Å². The summed E-state index contributed by atoms with van der Waals surface area (Å²) in [5.41, 5.74) is -0.198. The number of halogens is 1. The second-order valence-electron chi connectivity index (χ2n) is 3.75. The Morgan fingerprint density at radius 3 is 2.88 bits per heavy atom. The molecule has 1 heterocycles. The van der Waals surface area contributed by atoms with Crippen molar-refractivity contribution in [1.29, 1.82) is 0 Å². The minimum Gasteiger partial charge on any atom is -0.479 e. The van der Waals surface area contributed by atoms with Gasteiger partial charge in [-0.3, -0.25) is 10.1 Å². The highest BCUT2D eigenvalue weighted by Gasteiger charge is 2.29. The van der Waals surface area contributed by atoms with Crippen molar-refractivity contribution in [3.8, 4) is 5.75 Å². The number of nitro groups is 1. The third-order valence-electron chi connectivity index (χ3n) is 2.52. The molecule has 17 heavy (non-hydrogen) atoms. The average Bonchev–Trinajstić information content (AvgIpc) is 2.67. The Labute approximate surface area is 102 Å². The van der Waals surface area contributed by atoms with Crippen molar-refractivity contribution in [3.05, 3.63) is 33.3 Å². The molecule has 0 aromatic heterocycles. The molecule has 0 radical (unpaired) electrons. The van der Waals surface area contributed by atoms with Crippen LogP contribution in [0.2, 0.25) is 5.02 Å². The van der Waals surface area contributed by atoms with Gasteiger partial charge in [0.15, 0.2) is 5.75 Å². The van der Waals surface area contributed by atoms with E-state index in [0.717, 1.165) is 0 Å². The highest BCUT2D eigenvalue weighted by Crippen LogP contribution is 2.31. The summed E-state index contributed by atoms with van der Waals surface area (Å²) >= 11 is 5.68. The second kappa shape index (κ2) is 4.87. The molecule has 92 valence electrons. The predicted octanol–water partition coefficient (Wildman–Crippen LogP) is 0.960. The molecule has 1 aliphatic rings. The average molecular weight is 259 g/mol. The molecule has 0 bridgehead atoms. The second-order valence-corrected chi connectivity index (χ2v) is 4.19. The first-order valence-corrected chi connectivity index (χ1v) is 5.45. The first-order valence-electron chi connectivity index (χ1n) is 5.07. The van der Waals surface area contributed by atoms with E-state index in [4.69, 9.17) is 16.3 Å². The molecule has 2 unspecified atom stereocenters. The molecule has 0 spiro atoms. The van der Waals surface area contributed by atoms with Crippen molar-refractivity contribution in [2.45, 2.75) is 12.2 Å². The van der Waals surface area contributed by atoms with Crippen LogP contribution in [0.25, 0.3) is 0 Å². The van der Waals surface area contributed by atoms with Gasteiger partial charge in [0, 0.05) is 24.2 Å². The smallest absolute Gasteiger partial charge is 0.312 e. The third kappa shape index (κ3) is 2.66. The summed E-state index contributed by atoms with van der Waals surface area (Å²) in [5.74, 6) is 0.118. The zero-order valence-electron chi connectivity index (χ0n) is 8.80. The van der Waals surface area contributed by atoms with Crippen molar-refractivity contribution < 1.29 is 14.8 Å². The van der Waals surface area contributed by atoms with Gasteiger partial charge in [0.25, 0.3) is 0 Å². The number of hydrogen-bond donors (Lipinski definition) is 2. The van der Waals surface area contributed by atoms with Gasteiger partial charge in [-0.1, -0.05) is 11.6 Å². The summed E-state index contributed by atoms with van der Waals surface area (Å²) in [5, 5.41) is 23.6. The number of β-amino-alcohol motifs (C(OH)–C–C–N with tert-alkyl or cyclic N) is 1. The van der Waals surface area contributed by atoms with E-state index in [2.05, 4.69) is 5.32 Å². The Morgan fingerprint density at radius 1 is 1.53 bits per heavy atom. The fraction of sp³-hybridized carbons (Fsp3) is 0.400. The van der Waals surface area contributed by atoms with Crippen LogP contribution in [-0.4, -0.2) is 35.3 Å². The molecule has 2 rings (SSSR count). The highest BCUT2D eigenvalue weighted by molar-refractivity contribution is 6.30. The Hall–Kier alpha value is -1.37. The third-order valence-corrected chi connectivity index (χ3v) is 2.76. The minimum atomic E-state index is -0.662. The van der Waals surface area contributed by atoms with Crippen molar-refractivity contribution in [2.75, 3.05) is 13.1 Å². The van der Waals surface area contributed by atoms with Crippen LogP contribution in [0.15, 0.2) is 18.2 Å². The van der Waals surface area contributed by atoms with Gasteiger partial charge in [-0.25, -0.2) is 0 Å². The standard InChI is InChI=1S/C10H11ClN2O4/c11-6-1-2-9(7(3-6)13(15)16)17-10-5-12-4-8(10)14/h1-3,8,10,12,14H,4-5H2. The van der Waals surface area contributed by atoms with Gasteiger partial charge < -0.3 is 15.2 Å². The van der Waals surface area contributed by atoms with Crippen LogP contribution in [0.1, 0.15) is 0 Å². The number of nitro benzene ring substituents is 1. The van der Waals surface area contributed by atoms with Crippen LogP contribution < -0.4 is 10.1 Å². The fourth-order valence-electron chi connectivity index (χ4n) is 1.66. The summed E-state index contributed by atoms with van der Waals surface area (Å²) in [6.07, 6.45) is -1.14. The van der Waals surface area contributed by atoms with Gasteiger partial charge in [-0.2, -0.15) is 0 Å². The topological polar surface area (TPSA) is 84.6 Å². The van der Waals surface area contributed by atoms with E-state index in [9.17, 15) is 15.2 Å². The molecule has 1 saturated heterocycles. The quantitative estimate of drug-likeness (QED) is 0.623. The van der Waals surface area contributed by atoms with Gasteiger partial charge in [0.05, 0.1) is 4.92 Å². The highest BCUT2D eigenvalue weighted by atomic mass is 35.5. The number of rotatable bonds is 3. The normalized spacial score (nSPS) is 23.6. The monoisotopic (exact) mass is 258 g/mol. The number of aliphatic hydroxyl groups is 1. The van der Waals surface area contributed by atoms with Crippen LogP contribution in [0.3, 0.4) is 0 Å². The van der Waals surface area contributed by atoms with E-state index < -0.39 is 17.1 Å². The molecule has 1 aromatic rings. The summed E-state index contributed by atoms with van der Waals surface area (Å²) in [4.78, 5) is 10.3.